The van der Waals surface area contributed by atoms with E-state index in [1.807, 2.05) is 13.0 Å². The van der Waals surface area contributed by atoms with Gasteiger partial charge in [-0.15, -0.1) is 0 Å². The zero-order valence-electron chi connectivity index (χ0n) is 12.2. The second kappa shape index (κ2) is 6.10. The molecule has 1 aliphatic rings. The minimum Gasteiger partial charge on any atom is -0.463 e. The van der Waals surface area contributed by atoms with Crippen molar-refractivity contribution in [1.29, 1.82) is 0 Å². The number of nitrogens with one attached hydrogen (secondary N) is 1. The third-order valence-corrected chi connectivity index (χ3v) is 4.86. The van der Waals surface area contributed by atoms with E-state index in [4.69, 9.17) is 16.0 Å². The summed E-state index contributed by atoms with van der Waals surface area (Å²) in [5, 5.41) is 4.55. The minimum absolute atomic E-state index is 0.0950. The molecule has 4 heteroatoms. The number of aryl methyl sites for hydroxylation is 1. The van der Waals surface area contributed by atoms with Crippen LogP contribution in [0.3, 0.4) is 0 Å². The van der Waals surface area contributed by atoms with Gasteiger partial charge >= 0.3 is 0 Å². The van der Waals surface area contributed by atoms with Gasteiger partial charge in [-0.2, -0.15) is 0 Å². The van der Waals surface area contributed by atoms with E-state index in [-0.39, 0.29) is 5.91 Å². The monoisotopic (exact) mass is 305 g/mol. The summed E-state index contributed by atoms with van der Waals surface area (Å²) >= 11 is 6.22. The Morgan fingerprint density at radius 3 is 2.90 bits per heavy atom. The number of amides is 1. The predicted molar refractivity (Wildman–Crippen MR) is 84.9 cm³/mol. The van der Waals surface area contributed by atoms with Crippen molar-refractivity contribution in [3.8, 4) is 0 Å². The maximum absolute atomic E-state index is 12.4. The Morgan fingerprint density at radius 2 is 2.14 bits per heavy atom. The van der Waals surface area contributed by atoms with Crippen molar-refractivity contribution in [2.45, 2.75) is 39.0 Å². The van der Waals surface area contributed by atoms with Crippen LogP contribution in [0.1, 0.15) is 48.0 Å². The highest BCUT2D eigenvalue weighted by Crippen LogP contribution is 2.30. The first kappa shape index (κ1) is 14.5. The van der Waals surface area contributed by atoms with Gasteiger partial charge in [-0.25, -0.2) is 0 Å². The molecule has 112 valence electrons. The molecule has 1 saturated carbocycles. The van der Waals surface area contributed by atoms with Gasteiger partial charge in [0.15, 0.2) is 0 Å². The van der Waals surface area contributed by atoms with Crippen LogP contribution in [0.4, 0.5) is 0 Å². The Balaban J connectivity index is 1.78. The van der Waals surface area contributed by atoms with Crippen LogP contribution in [0, 0.1) is 12.8 Å². The van der Waals surface area contributed by atoms with Gasteiger partial charge in [-0.1, -0.05) is 30.9 Å². The fourth-order valence-corrected chi connectivity index (χ4v) is 3.35. The topological polar surface area (TPSA) is 42.2 Å². The van der Waals surface area contributed by atoms with Gasteiger partial charge in [0, 0.05) is 17.0 Å². The van der Waals surface area contributed by atoms with Crippen molar-refractivity contribution in [2.24, 2.45) is 5.92 Å². The van der Waals surface area contributed by atoms with Gasteiger partial charge in [0.2, 0.25) is 0 Å². The lowest BCUT2D eigenvalue weighted by Gasteiger charge is -2.21. The first-order chi connectivity index (χ1) is 10.2. The van der Waals surface area contributed by atoms with Crippen LogP contribution in [0.2, 0.25) is 5.02 Å². The van der Waals surface area contributed by atoms with Gasteiger partial charge in [-0.05, 0) is 43.4 Å². The summed E-state index contributed by atoms with van der Waals surface area (Å²) in [5.74, 6) is 0.512. The average Bonchev–Trinajstić information content (AvgIpc) is 2.99. The summed E-state index contributed by atoms with van der Waals surface area (Å²) in [6.45, 7) is 2.68. The molecule has 0 radical (unpaired) electrons. The number of fused-ring (bicyclic) bond motifs is 1. The highest BCUT2D eigenvalue weighted by molar-refractivity contribution is 6.33. The molecule has 1 aliphatic carbocycles. The van der Waals surface area contributed by atoms with E-state index in [2.05, 4.69) is 5.32 Å². The number of rotatable bonds is 3. The van der Waals surface area contributed by atoms with E-state index in [1.165, 1.54) is 32.1 Å². The Kier molecular flexibility index (Phi) is 4.20. The molecule has 1 heterocycles. The lowest BCUT2D eigenvalue weighted by atomic mass is 9.89. The summed E-state index contributed by atoms with van der Waals surface area (Å²) in [4.78, 5) is 12.4. The van der Waals surface area contributed by atoms with Gasteiger partial charge in [-0.3, -0.25) is 4.79 Å². The molecule has 0 saturated heterocycles. The van der Waals surface area contributed by atoms with Crippen molar-refractivity contribution in [2.75, 3.05) is 6.54 Å². The highest BCUT2D eigenvalue weighted by Gasteiger charge is 2.19. The number of carbonyl (C=O) groups is 1. The number of carbonyl (C=O) groups excluding carboxylic acids is 1. The highest BCUT2D eigenvalue weighted by atomic mass is 35.5. The molecule has 2 aromatic rings. The molecule has 0 unspecified atom stereocenters. The first-order valence-electron chi connectivity index (χ1n) is 7.61. The number of benzene rings is 1. The number of hydrogen-bond donors (Lipinski definition) is 1. The third kappa shape index (κ3) is 2.93. The largest absolute Gasteiger partial charge is 0.463 e. The first-order valence-corrected chi connectivity index (χ1v) is 7.99. The SMILES string of the molecule is Cc1c(Cl)cc(C(=O)NCC2CCCCC2)c2occc12. The molecule has 3 nitrogen and oxygen atoms in total. The molecule has 0 bridgehead atoms. The summed E-state index contributed by atoms with van der Waals surface area (Å²) in [7, 11) is 0. The molecule has 0 spiro atoms. The van der Waals surface area contributed by atoms with Crippen LogP contribution >= 0.6 is 11.6 Å². The van der Waals surface area contributed by atoms with Crippen LogP contribution in [-0.4, -0.2) is 12.5 Å². The fourth-order valence-electron chi connectivity index (χ4n) is 3.13. The number of halogens is 1. The predicted octanol–water partition coefficient (Wildman–Crippen LogP) is 4.70. The molecule has 1 aromatic heterocycles. The van der Waals surface area contributed by atoms with Gasteiger partial charge < -0.3 is 9.73 Å². The quantitative estimate of drug-likeness (QED) is 0.892. The fraction of sp³-hybridized carbons (Fsp3) is 0.471. The van der Waals surface area contributed by atoms with Crippen molar-refractivity contribution in [1.82, 2.24) is 5.32 Å². The second-order valence-corrected chi connectivity index (χ2v) is 6.32. The normalized spacial score (nSPS) is 16.3. The molecular formula is C17H20ClNO2. The van der Waals surface area contributed by atoms with Crippen molar-refractivity contribution >= 4 is 28.5 Å². The summed E-state index contributed by atoms with van der Waals surface area (Å²) in [5.41, 5.74) is 2.10. The molecule has 21 heavy (non-hydrogen) atoms. The maximum Gasteiger partial charge on any atom is 0.255 e. The summed E-state index contributed by atoms with van der Waals surface area (Å²) < 4.78 is 5.48. The molecule has 1 N–H and O–H groups in total. The van der Waals surface area contributed by atoms with E-state index in [9.17, 15) is 4.79 Å². The smallest absolute Gasteiger partial charge is 0.255 e. The summed E-state index contributed by atoms with van der Waals surface area (Å²) in [6.07, 6.45) is 7.91. The van der Waals surface area contributed by atoms with E-state index < -0.39 is 0 Å². The number of furan rings is 1. The van der Waals surface area contributed by atoms with Crippen LogP contribution < -0.4 is 5.32 Å². The molecule has 1 aromatic carbocycles. The van der Waals surface area contributed by atoms with Crippen LogP contribution in [-0.2, 0) is 0 Å². The lowest BCUT2D eigenvalue weighted by Crippen LogP contribution is -2.30. The van der Waals surface area contributed by atoms with Gasteiger partial charge in [0.05, 0.1) is 11.8 Å². The Bertz CT molecular complexity index is 656. The molecule has 1 amide bonds. The van der Waals surface area contributed by atoms with Crippen molar-refractivity contribution < 1.29 is 9.21 Å². The van der Waals surface area contributed by atoms with Gasteiger partial charge in [0.1, 0.15) is 5.58 Å². The Labute approximate surface area is 129 Å². The van der Waals surface area contributed by atoms with E-state index in [0.717, 1.165) is 17.5 Å². The molecule has 1 fully saturated rings. The summed E-state index contributed by atoms with van der Waals surface area (Å²) in [6, 6.07) is 3.56. The maximum atomic E-state index is 12.4. The van der Waals surface area contributed by atoms with E-state index in [0.29, 0.717) is 22.1 Å². The molecule has 0 atom stereocenters. The Hall–Kier alpha value is -1.48. The zero-order valence-corrected chi connectivity index (χ0v) is 13.0. The van der Waals surface area contributed by atoms with Crippen molar-refractivity contribution in [3.05, 3.63) is 34.5 Å². The molecule has 0 aliphatic heterocycles. The van der Waals surface area contributed by atoms with E-state index >= 15 is 0 Å². The molecule has 3 rings (SSSR count). The minimum atomic E-state index is -0.0950. The van der Waals surface area contributed by atoms with Crippen LogP contribution in [0.15, 0.2) is 22.8 Å². The standard InChI is InChI=1S/C17H20ClNO2/c1-11-13-7-8-21-16(13)14(9-15(11)18)17(20)19-10-12-5-3-2-4-6-12/h7-9,12H,2-6,10H2,1H3,(H,19,20). The third-order valence-electron chi connectivity index (χ3n) is 4.46. The lowest BCUT2D eigenvalue weighted by molar-refractivity contribution is 0.0944. The zero-order chi connectivity index (χ0) is 14.8. The van der Waals surface area contributed by atoms with E-state index in [1.54, 1.807) is 12.3 Å². The molecular weight excluding hydrogens is 286 g/mol. The van der Waals surface area contributed by atoms with Crippen LogP contribution in [0.5, 0.6) is 0 Å². The van der Waals surface area contributed by atoms with Gasteiger partial charge in [0.25, 0.3) is 5.91 Å². The number of hydrogen-bond acceptors (Lipinski definition) is 2. The average molecular weight is 306 g/mol. The Morgan fingerprint density at radius 1 is 1.38 bits per heavy atom. The van der Waals surface area contributed by atoms with Crippen LogP contribution in [0.25, 0.3) is 11.0 Å². The van der Waals surface area contributed by atoms with Crippen molar-refractivity contribution in [3.63, 3.8) is 0 Å². The second-order valence-electron chi connectivity index (χ2n) is 5.91.